The van der Waals surface area contributed by atoms with Gasteiger partial charge in [0.05, 0.1) is 26.2 Å². The second-order valence-corrected chi connectivity index (χ2v) is 10.4. The zero-order valence-corrected chi connectivity index (χ0v) is 22.6. The summed E-state index contributed by atoms with van der Waals surface area (Å²) in [4.78, 5) is 28.9. The highest BCUT2D eigenvalue weighted by atomic mass is 35.5. The summed E-state index contributed by atoms with van der Waals surface area (Å²) in [6.45, 7) is 6.54. The van der Waals surface area contributed by atoms with Crippen molar-refractivity contribution in [2.75, 3.05) is 52.5 Å². The van der Waals surface area contributed by atoms with E-state index >= 15 is 0 Å². The number of amides is 1. The molecule has 2 atom stereocenters. The Labute approximate surface area is 228 Å². The Morgan fingerprint density at radius 2 is 1.76 bits per heavy atom. The van der Waals surface area contributed by atoms with Gasteiger partial charge in [0.25, 0.3) is 11.9 Å². The number of carboxylic acids is 1. The average molecular weight is 549 g/mol. The van der Waals surface area contributed by atoms with Crippen LogP contribution in [0.3, 0.4) is 0 Å². The van der Waals surface area contributed by atoms with Crippen LogP contribution in [0.5, 0.6) is 0 Å². The highest BCUT2D eigenvalue weighted by Gasteiger charge is 2.39. The van der Waals surface area contributed by atoms with E-state index in [4.69, 9.17) is 36.7 Å². The predicted octanol–water partition coefficient (Wildman–Crippen LogP) is 1.44. The van der Waals surface area contributed by atoms with E-state index in [0.717, 1.165) is 50.1 Å². The molecular weight excluding hydrogens is 512 g/mol. The first kappa shape index (κ1) is 28.3. The highest BCUT2D eigenvalue weighted by molar-refractivity contribution is 6.30. The van der Waals surface area contributed by atoms with E-state index in [-0.39, 0.29) is 11.9 Å². The molecule has 0 aliphatic carbocycles. The molecule has 38 heavy (non-hydrogen) atoms. The molecule has 0 saturated carbocycles. The number of carboxylic acid groups (broad SMARTS) is 1. The molecule has 0 aromatic heterocycles. The Morgan fingerprint density at radius 1 is 1.11 bits per heavy atom. The minimum Gasteiger partial charge on any atom is -0.481 e. The summed E-state index contributed by atoms with van der Waals surface area (Å²) in [5.41, 5.74) is 7.04. The SMILES string of the molecule is CC(=O)O.NC1=NN=C(N2CCC(N3C[C@H](C(=O)N4CCOCC4)OC[C@@H]3Cc3ccc(Cl)cc3)CC2)C1. The summed E-state index contributed by atoms with van der Waals surface area (Å²) >= 11 is 6.09. The number of likely N-dealkylation sites (tertiary alicyclic amines) is 1. The predicted molar refractivity (Wildman–Crippen MR) is 144 cm³/mol. The summed E-state index contributed by atoms with van der Waals surface area (Å²) < 4.78 is 11.6. The number of nitrogens with zero attached hydrogens (tertiary/aromatic N) is 5. The number of hydrogen-bond donors (Lipinski definition) is 2. The average Bonchev–Trinajstić information content (AvgIpc) is 3.36. The van der Waals surface area contributed by atoms with Crippen molar-refractivity contribution in [1.29, 1.82) is 0 Å². The van der Waals surface area contributed by atoms with Gasteiger partial charge < -0.3 is 30.1 Å². The Hall–Kier alpha value is -2.73. The van der Waals surface area contributed by atoms with Crippen molar-refractivity contribution < 1.29 is 24.2 Å². The zero-order chi connectivity index (χ0) is 27.1. The maximum atomic E-state index is 13.2. The van der Waals surface area contributed by atoms with Crippen molar-refractivity contribution in [2.45, 2.75) is 50.8 Å². The highest BCUT2D eigenvalue weighted by Crippen LogP contribution is 2.27. The van der Waals surface area contributed by atoms with Gasteiger partial charge in [-0.05, 0) is 37.0 Å². The first-order valence-electron chi connectivity index (χ1n) is 13.1. The molecule has 1 aromatic rings. The molecule has 3 saturated heterocycles. The number of carbonyl (C=O) groups is 2. The number of nitrogens with two attached hydrogens (primary N) is 1. The molecule has 1 amide bonds. The number of carbonyl (C=O) groups excluding carboxylic acids is 1. The molecule has 3 fully saturated rings. The van der Waals surface area contributed by atoms with Crippen molar-refractivity contribution in [3.05, 3.63) is 34.9 Å². The molecular formula is C26H37ClN6O5. The smallest absolute Gasteiger partial charge is 0.300 e. The maximum Gasteiger partial charge on any atom is 0.300 e. The molecule has 0 bridgehead atoms. The fourth-order valence-corrected chi connectivity index (χ4v) is 5.48. The molecule has 12 heteroatoms. The largest absolute Gasteiger partial charge is 0.481 e. The van der Waals surface area contributed by atoms with Gasteiger partial charge in [-0.15, -0.1) is 10.2 Å². The molecule has 208 valence electrons. The van der Waals surface area contributed by atoms with Crippen LogP contribution in [0.4, 0.5) is 0 Å². The summed E-state index contributed by atoms with van der Waals surface area (Å²) in [6, 6.07) is 8.63. The van der Waals surface area contributed by atoms with Gasteiger partial charge in [0.15, 0.2) is 0 Å². The third kappa shape index (κ3) is 7.66. The van der Waals surface area contributed by atoms with Crippen LogP contribution in [0.1, 0.15) is 31.7 Å². The second kappa shape index (κ2) is 13.4. The lowest BCUT2D eigenvalue weighted by Crippen LogP contribution is -2.61. The van der Waals surface area contributed by atoms with Gasteiger partial charge >= 0.3 is 0 Å². The fourth-order valence-electron chi connectivity index (χ4n) is 5.35. The molecule has 3 N–H and O–H groups in total. The molecule has 11 nitrogen and oxygen atoms in total. The number of benzene rings is 1. The number of piperidine rings is 1. The van der Waals surface area contributed by atoms with Gasteiger partial charge in [-0.3, -0.25) is 14.5 Å². The Bertz CT molecular complexity index is 1020. The van der Waals surface area contributed by atoms with Crippen molar-refractivity contribution >= 4 is 35.1 Å². The molecule has 0 spiro atoms. The monoisotopic (exact) mass is 548 g/mol. The van der Waals surface area contributed by atoms with E-state index in [1.165, 1.54) is 5.56 Å². The number of morpholine rings is 2. The van der Waals surface area contributed by atoms with Crippen LogP contribution in [-0.4, -0.2) is 114 Å². The zero-order valence-electron chi connectivity index (χ0n) is 21.8. The van der Waals surface area contributed by atoms with Crippen LogP contribution in [0.25, 0.3) is 0 Å². The summed E-state index contributed by atoms with van der Waals surface area (Å²) in [6.07, 6.45) is 3.10. The lowest BCUT2D eigenvalue weighted by Gasteiger charge is -2.47. The van der Waals surface area contributed by atoms with E-state index in [0.29, 0.717) is 57.8 Å². The quantitative estimate of drug-likeness (QED) is 0.577. The summed E-state index contributed by atoms with van der Waals surface area (Å²) in [7, 11) is 0. The van der Waals surface area contributed by atoms with E-state index in [1.54, 1.807) is 0 Å². The van der Waals surface area contributed by atoms with Crippen molar-refractivity contribution in [1.82, 2.24) is 14.7 Å². The minimum absolute atomic E-state index is 0.0867. The lowest BCUT2D eigenvalue weighted by molar-refractivity contribution is -0.159. The second-order valence-electron chi connectivity index (χ2n) is 9.96. The molecule has 4 aliphatic heterocycles. The van der Waals surface area contributed by atoms with Crippen LogP contribution >= 0.6 is 11.6 Å². The van der Waals surface area contributed by atoms with Gasteiger partial charge in [-0.2, -0.15) is 0 Å². The third-order valence-electron chi connectivity index (χ3n) is 7.25. The number of ether oxygens (including phenoxy) is 2. The lowest BCUT2D eigenvalue weighted by atomic mass is 9.95. The van der Waals surface area contributed by atoms with Crippen LogP contribution in [0, 0.1) is 0 Å². The number of rotatable bonds is 4. The fraction of sp³-hybridized carbons (Fsp3) is 0.615. The van der Waals surface area contributed by atoms with Crippen molar-refractivity contribution in [3.8, 4) is 0 Å². The first-order chi connectivity index (χ1) is 18.3. The molecule has 1 aromatic carbocycles. The van der Waals surface area contributed by atoms with Gasteiger partial charge in [-0.1, -0.05) is 23.7 Å². The Morgan fingerprint density at radius 3 is 2.37 bits per heavy atom. The summed E-state index contributed by atoms with van der Waals surface area (Å²) in [5, 5.41) is 16.4. The van der Waals surface area contributed by atoms with E-state index in [1.807, 2.05) is 17.0 Å². The third-order valence-corrected chi connectivity index (χ3v) is 7.50. The van der Waals surface area contributed by atoms with E-state index in [2.05, 4.69) is 32.1 Å². The molecule has 0 unspecified atom stereocenters. The summed E-state index contributed by atoms with van der Waals surface area (Å²) in [5.74, 6) is 0.803. The molecule has 4 heterocycles. The number of halogens is 1. The molecule has 5 rings (SSSR count). The van der Waals surface area contributed by atoms with Gasteiger partial charge in [0.1, 0.15) is 17.8 Å². The topological polar surface area (TPSA) is 133 Å². The number of hydrogen-bond acceptors (Lipinski definition) is 9. The maximum absolute atomic E-state index is 13.2. The first-order valence-corrected chi connectivity index (χ1v) is 13.5. The van der Waals surface area contributed by atoms with Crippen LogP contribution in [0.2, 0.25) is 5.02 Å². The molecule has 0 radical (unpaired) electrons. The van der Waals surface area contributed by atoms with Gasteiger partial charge in [0.2, 0.25) is 0 Å². The Kier molecular flexibility index (Phi) is 9.95. The van der Waals surface area contributed by atoms with Gasteiger partial charge in [0, 0.05) is 56.8 Å². The Balaban J connectivity index is 0.000000786. The standard InChI is InChI=1S/C24H33ClN6O3.C2H4O2/c25-18-3-1-17(2-4-18)13-20-16-34-21(24(32)30-9-11-33-12-10-30)15-31(20)19-5-7-29(8-6-19)23-14-22(26)27-28-23;1-2(3)4/h1-4,19-21H,5-16H2,(H2,26,27);1H3,(H,3,4)/t20-,21+;/m0./s1. The number of aliphatic carboxylic acids is 1. The molecule has 4 aliphatic rings. The van der Waals surface area contributed by atoms with Gasteiger partial charge in [-0.25, -0.2) is 0 Å². The van der Waals surface area contributed by atoms with Crippen molar-refractivity contribution in [2.24, 2.45) is 15.9 Å². The van der Waals surface area contributed by atoms with Crippen LogP contribution < -0.4 is 5.73 Å². The minimum atomic E-state index is -0.833. The van der Waals surface area contributed by atoms with E-state index < -0.39 is 12.1 Å². The normalized spacial score (nSPS) is 24.8. The van der Waals surface area contributed by atoms with E-state index in [9.17, 15) is 4.79 Å². The number of amidine groups is 2. The van der Waals surface area contributed by atoms with Crippen LogP contribution in [0.15, 0.2) is 34.5 Å². The van der Waals surface area contributed by atoms with Crippen LogP contribution in [-0.2, 0) is 25.5 Å². The van der Waals surface area contributed by atoms with Crippen molar-refractivity contribution in [3.63, 3.8) is 0 Å².